The van der Waals surface area contributed by atoms with Crippen molar-refractivity contribution in [2.24, 2.45) is 0 Å². The number of hydrogen-bond donors (Lipinski definition) is 0. The van der Waals surface area contributed by atoms with Gasteiger partial charge in [-0.2, -0.15) is 5.10 Å². The maximum absolute atomic E-state index is 12.9. The van der Waals surface area contributed by atoms with Crippen molar-refractivity contribution < 1.29 is 14.3 Å². The second-order valence-electron chi connectivity index (χ2n) is 7.17. The molecule has 0 unspecified atom stereocenters. The van der Waals surface area contributed by atoms with E-state index < -0.39 is 11.7 Å². The fourth-order valence-electron chi connectivity index (χ4n) is 3.14. The Labute approximate surface area is 136 Å². The van der Waals surface area contributed by atoms with Crippen LogP contribution in [-0.4, -0.2) is 32.3 Å². The largest absolute Gasteiger partial charge is 0.443 e. The van der Waals surface area contributed by atoms with E-state index in [1.165, 1.54) is 0 Å². The Bertz CT molecular complexity index is 682. The highest BCUT2D eigenvalue weighted by molar-refractivity contribution is 6.07. The number of aromatic nitrogens is 2. The van der Waals surface area contributed by atoms with Crippen LogP contribution in [0.15, 0.2) is 12.3 Å². The van der Waals surface area contributed by atoms with Gasteiger partial charge in [0.2, 0.25) is 0 Å². The van der Waals surface area contributed by atoms with Crippen LogP contribution >= 0.6 is 0 Å². The summed E-state index contributed by atoms with van der Waals surface area (Å²) < 4.78 is 7.29. The molecule has 0 aliphatic carbocycles. The van der Waals surface area contributed by atoms with Crippen molar-refractivity contribution >= 4 is 12.0 Å². The number of allylic oxidation sites excluding steroid dienone is 1. The highest BCUT2D eigenvalue weighted by Gasteiger charge is 2.39. The third-order valence-corrected chi connectivity index (χ3v) is 4.09. The lowest BCUT2D eigenvalue weighted by Gasteiger charge is -2.29. The van der Waals surface area contributed by atoms with Gasteiger partial charge in [-0.15, -0.1) is 0 Å². The Hall–Kier alpha value is -2.11. The van der Waals surface area contributed by atoms with Gasteiger partial charge in [0.15, 0.2) is 0 Å². The first kappa shape index (κ1) is 15.8. The molecule has 0 N–H and O–H groups in total. The number of amides is 2. The number of rotatable bonds is 0. The minimum absolute atomic E-state index is 0.353. The van der Waals surface area contributed by atoms with Gasteiger partial charge in [-0.3, -0.25) is 9.48 Å². The van der Waals surface area contributed by atoms with Gasteiger partial charge < -0.3 is 4.74 Å². The van der Waals surface area contributed by atoms with E-state index in [2.05, 4.69) is 11.7 Å². The van der Waals surface area contributed by atoms with Crippen LogP contribution < -0.4 is 0 Å². The molecule has 0 atom stereocenters. The number of nitrogens with zero attached hydrogens (tertiary/aromatic N) is 3. The zero-order chi connectivity index (χ0) is 16.8. The van der Waals surface area contributed by atoms with E-state index in [4.69, 9.17) is 4.74 Å². The van der Waals surface area contributed by atoms with Crippen LogP contribution in [0.4, 0.5) is 4.79 Å². The third-order valence-electron chi connectivity index (χ3n) is 4.09. The first-order chi connectivity index (χ1) is 10.8. The number of carbonyl (C=O) groups is 2. The van der Waals surface area contributed by atoms with Crippen molar-refractivity contribution in [1.29, 1.82) is 0 Å². The van der Waals surface area contributed by atoms with Gasteiger partial charge in [-0.1, -0.05) is 13.0 Å². The van der Waals surface area contributed by atoms with E-state index in [1.54, 1.807) is 20.8 Å². The van der Waals surface area contributed by atoms with E-state index in [-0.39, 0.29) is 5.91 Å². The number of fused-ring (bicyclic) bond motifs is 3. The molecule has 0 spiro atoms. The molecule has 3 heterocycles. The molecule has 2 amide bonds. The molecule has 6 heteroatoms. The Balaban J connectivity index is 1.96. The summed E-state index contributed by atoms with van der Waals surface area (Å²) in [6, 6.07) is 0. The topological polar surface area (TPSA) is 64.4 Å². The average molecular weight is 317 g/mol. The molecule has 0 saturated heterocycles. The van der Waals surface area contributed by atoms with Crippen LogP contribution in [0.2, 0.25) is 0 Å². The molecule has 6 nitrogen and oxygen atoms in total. The SMILES string of the molecule is C=C1Cc2nn3c(c2C(=O)N1C(=O)OC(C)(C)C)CCCCC3. The summed E-state index contributed by atoms with van der Waals surface area (Å²) in [6.45, 7) is 10.0. The normalized spacial score (nSPS) is 18.3. The molecule has 0 fully saturated rings. The van der Waals surface area contributed by atoms with Gasteiger partial charge in [-0.05, 0) is 40.0 Å². The van der Waals surface area contributed by atoms with Crippen LogP contribution in [0.5, 0.6) is 0 Å². The van der Waals surface area contributed by atoms with Gasteiger partial charge >= 0.3 is 6.09 Å². The standard InChI is InChI=1S/C17H23N3O3/c1-11-10-12-14(13-8-6-5-7-9-19(13)18-12)15(21)20(11)16(22)23-17(2,3)4/h1,5-10H2,2-4H3. The van der Waals surface area contributed by atoms with Crippen LogP contribution in [0.1, 0.15) is 61.8 Å². The summed E-state index contributed by atoms with van der Waals surface area (Å²) in [5.74, 6) is -0.353. The second kappa shape index (κ2) is 5.51. The van der Waals surface area contributed by atoms with Crippen LogP contribution in [0.25, 0.3) is 0 Å². The Kier molecular flexibility index (Phi) is 3.78. The lowest BCUT2D eigenvalue weighted by molar-refractivity contribution is 0.0288. The van der Waals surface area contributed by atoms with E-state index >= 15 is 0 Å². The van der Waals surface area contributed by atoms with E-state index in [9.17, 15) is 9.59 Å². The number of hydrogen-bond acceptors (Lipinski definition) is 4. The minimum Gasteiger partial charge on any atom is -0.443 e. The molecule has 0 aromatic carbocycles. The summed E-state index contributed by atoms with van der Waals surface area (Å²) in [4.78, 5) is 26.4. The molecule has 3 rings (SSSR count). The molecule has 23 heavy (non-hydrogen) atoms. The number of imide groups is 1. The maximum Gasteiger partial charge on any atom is 0.421 e. The Morgan fingerprint density at radius 2 is 2.00 bits per heavy atom. The van der Waals surface area contributed by atoms with Crippen LogP contribution in [0.3, 0.4) is 0 Å². The van der Waals surface area contributed by atoms with Crippen molar-refractivity contribution in [3.63, 3.8) is 0 Å². The van der Waals surface area contributed by atoms with Gasteiger partial charge in [0, 0.05) is 18.7 Å². The van der Waals surface area contributed by atoms with Crippen molar-refractivity contribution in [2.75, 3.05) is 0 Å². The van der Waals surface area contributed by atoms with Crippen molar-refractivity contribution in [2.45, 2.75) is 65.0 Å². The minimum atomic E-state index is -0.660. The monoisotopic (exact) mass is 317 g/mol. The molecule has 2 aliphatic rings. The summed E-state index contributed by atoms with van der Waals surface area (Å²) in [5, 5.41) is 4.58. The quantitative estimate of drug-likeness (QED) is 0.737. The smallest absolute Gasteiger partial charge is 0.421 e. The molecule has 0 radical (unpaired) electrons. The maximum atomic E-state index is 12.9. The van der Waals surface area contributed by atoms with E-state index in [0.717, 1.165) is 48.5 Å². The zero-order valence-corrected chi connectivity index (χ0v) is 14.0. The fraction of sp³-hybridized carbons (Fsp3) is 0.588. The molecule has 124 valence electrons. The lowest BCUT2D eigenvalue weighted by atomic mass is 10.0. The molecule has 0 saturated carbocycles. The molecular weight excluding hydrogens is 294 g/mol. The number of carbonyl (C=O) groups excluding carboxylic acids is 2. The molecule has 2 aliphatic heterocycles. The van der Waals surface area contributed by atoms with Gasteiger partial charge in [0.05, 0.1) is 17.0 Å². The lowest BCUT2D eigenvalue weighted by Crippen LogP contribution is -2.43. The van der Waals surface area contributed by atoms with Gasteiger partial charge in [0.25, 0.3) is 5.91 Å². The summed E-state index contributed by atoms with van der Waals surface area (Å²) in [5.41, 5.74) is 2.02. The Morgan fingerprint density at radius 3 is 2.70 bits per heavy atom. The van der Waals surface area contributed by atoms with Gasteiger partial charge in [0.1, 0.15) is 5.60 Å². The van der Waals surface area contributed by atoms with Crippen molar-refractivity contribution in [3.8, 4) is 0 Å². The van der Waals surface area contributed by atoms with Crippen LogP contribution in [0, 0.1) is 0 Å². The summed E-state index contributed by atoms with van der Waals surface area (Å²) in [7, 11) is 0. The summed E-state index contributed by atoms with van der Waals surface area (Å²) in [6.07, 6.45) is 3.81. The highest BCUT2D eigenvalue weighted by atomic mass is 16.6. The first-order valence-electron chi connectivity index (χ1n) is 8.11. The predicted octanol–water partition coefficient (Wildman–Crippen LogP) is 3.06. The number of ether oxygens (including phenoxy) is 1. The fourth-order valence-corrected chi connectivity index (χ4v) is 3.14. The van der Waals surface area contributed by atoms with Crippen molar-refractivity contribution in [1.82, 2.24) is 14.7 Å². The van der Waals surface area contributed by atoms with Crippen molar-refractivity contribution in [3.05, 3.63) is 29.2 Å². The third kappa shape index (κ3) is 2.90. The molecular formula is C17H23N3O3. The van der Waals surface area contributed by atoms with E-state index in [0.29, 0.717) is 17.7 Å². The Morgan fingerprint density at radius 1 is 1.26 bits per heavy atom. The zero-order valence-electron chi connectivity index (χ0n) is 14.0. The average Bonchev–Trinajstić information content (AvgIpc) is 2.59. The molecule has 0 bridgehead atoms. The van der Waals surface area contributed by atoms with E-state index in [1.807, 2.05) is 4.68 Å². The number of aryl methyl sites for hydroxylation is 1. The first-order valence-corrected chi connectivity index (χ1v) is 8.11. The molecule has 1 aromatic heterocycles. The van der Waals surface area contributed by atoms with Gasteiger partial charge in [-0.25, -0.2) is 9.69 Å². The predicted molar refractivity (Wildman–Crippen MR) is 85.0 cm³/mol. The summed E-state index contributed by atoms with van der Waals surface area (Å²) >= 11 is 0. The van der Waals surface area contributed by atoms with Crippen LogP contribution in [-0.2, 0) is 24.1 Å². The molecule has 1 aromatic rings. The second-order valence-corrected chi connectivity index (χ2v) is 7.17. The highest BCUT2D eigenvalue weighted by Crippen LogP contribution is 2.30.